The first-order valence-electron chi connectivity index (χ1n) is 14.0. The minimum atomic E-state index is -3.36. The van der Waals surface area contributed by atoms with Gasteiger partial charge in [-0.2, -0.15) is 0 Å². The second-order valence-electron chi connectivity index (χ2n) is 11.5. The van der Waals surface area contributed by atoms with Crippen molar-refractivity contribution in [2.24, 2.45) is 5.41 Å². The maximum absolute atomic E-state index is 13.7. The van der Waals surface area contributed by atoms with Crippen LogP contribution in [0.5, 0.6) is 0 Å². The molecule has 5 amide bonds. The molecule has 0 aromatic rings. The number of Topliss-reactive ketones (excluding diaryl/α,β-unsaturated/α-hetero) is 1. The molecule has 0 spiro atoms. The lowest BCUT2D eigenvalue weighted by molar-refractivity contribution is -0.142. The Kier molecular flexibility index (Phi) is 12.1. The summed E-state index contributed by atoms with van der Waals surface area (Å²) in [5, 5.41) is 9.65. The second kappa shape index (κ2) is 14.6. The van der Waals surface area contributed by atoms with E-state index in [1.165, 1.54) is 11.0 Å². The summed E-state index contributed by atoms with van der Waals surface area (Å²) >= 11 is 0. The average Bonchev–Trinajstić information content (AvgIpc) is 3.31. The predicted molar refractivity (Wildman–Crippen MR) is 151 cm³/mol. The Morgan fingerprint density at radius 3 is 2.33 bits per heavy atom. The summed E-state index contributed by atoms with van der Waals surface area (Å²) in [4.78, 5) is 64.8. The van der Waals surface area contributed by atoms with Crippen molar-refractivity contribution in [2.75, 3.05) is 25.4 Å². The first-order chi connectivity index (χ1) is 18.7. The molecular formula is C27H45N5O7S. The average molecular weight is 584 g/mol. The number of nitrogens with zero attached hydrogens (tertiary/aromatic N) is 1. The zero-order chi connectivity index (χ0) is 30.1. The summed E-state index contributed by atoms with van der Waals surface area (Å²) in [5.74, 6) is -2.57. The molecule has 0 radical (unpaired) electrons. The number of likely N-dealkylation sites (tertiary alicyclic amines) is 1. The molecule has 0 aromatic carbocycles. The molecule has 2 rings (SSSR count). The van der Waals surface area contributed by atoms with Crippen LogP contribution in [0.1, 0.15) is 72.6 Å². The van der Waals surface area contributed by atoms with Gasteiger partial charge < -0.3 is 26.2 Å². The van der Waals surface area contributed by atoms with E-state index >= 15 is 0 Å². The molecule has 4 atom stereocenters. The van der Waals surface area contributed by atoms with Gasteiger partial charge in [-0.25, -0.2) is 13.2 Å². The molecule has 226 valence electrons. The standard InChI is InChI=1S/C27H45N5O7S/c1-6-14-28-24(35)20(33)17-29-23(34)19-12-11-15-32(19)25(36)22(27(3,4)5)31-26(37)30-18(7-2)21-13-9-8-10-16-40(21,38)39/h6,18-19,21-22H,1,7-17H2,2-5H3,(H,28,35)(H,29,34)(H2,30,31,37). The largest absolute Gasteiger partial charge is 0.347 e. The van der Waals surface area contributed by atoms with E-state index in [1.807, 2.05) is 6.92 Å². The molecule has 2 fully saturated rings. The summed E-state index contributed by atoms with van der Waals surface area (Å²) in [6, 6.07) is -3.09. The normalized spacial score (nSPS) is 22.2. The van der Waals surface area contributed by atoms with Crippen LogP contribution in [0.15, 0.2) is 12.7 Å². The molecule has 2 aliphatic rings. The van der Waals surface area contributed by atoms with Crippen LogP contribution in [-0.4, -0.2) is 91.6 Å². The highest BCUT2D eigenvalue weighted by Gasteiger charge is 2.42. The highest BCUT2D eigenvalue weighted by atomic mass is 32.2. The number of carbonyl (C=O) groups excluding carboxylic acids is 5. The maximum Gasteiger partial charge on any atom is 0.315 e. The second-order valence-corrected chi connectivity index (χ2v) is 13.9. The van der Waals surface area contributed by atoms with E-state index in [9.17, 15) is 32.4 Å². The number of hydrogen-bond acceptors (Lipinski definition) is 7. The first-order valence-corrected chi connectivity index (χ1v) is 15.7. The van der Waals surface area contributed by atoms with Crippen LogP contribution in [0.4, 0.5) is 4.79 Å². The molecule has 0 saturated carbocycles. The van der Waals surface area contributed by atoms with Gasteiger partial charge in [0.05, 0.1) is 17.5 Å². The zero-order valence-corrected chi connectivity index (χ0v) is 24.9. The number of rotatable bonds is 11. The molecule has 40 heavy (non-hydrogen) atoms. The molecule has 4 N–H and O–H groups in total. The Balaban J connectivity index is 2.09. The Labute approximate surface area is 237 Å². The van der Waals surface area contributed by atoms with Gasteiger partial charge in [-0.3, -0.25) is 19.2 Å². The van der Waals surface area contributed by atoms with Crippen LogP contribution in [0.25, 0.3) is 0 Å². The van der Waals surface area contributed by atoms with E-state index in [0.29, 0.717) is 38.6 Å². The van der Waals surface area contributed by atoms with Gasteiger partial charge in [-0.05, 0) is 37.5 Å². The van der Waals surface area contributed by atoms with E-state index in [4.69, 9.17) is 0 Å². The van der Waals surface area contributed by atoms with Crippen molar-refractivity contribution >= 4 is 39.4 Å². The lowest BCUT2D eigenvalue weighted by Crippen LogP contribution is -2.60. The fourth-order valence-corrected chi connectivity index (χ4v) is 7.35. The number of carbonyl (C=O) groups is 5. The zero-order valence-electron chi connectivity index (χ0n) is 24.1. The lowest BCUT2D eigenvalue weighted by atomic mass is 9.85. The lowest BCUT2D eigenvalue weighted by Gasteiger charge is -2.36. The van der Waals surface area contributed by atoms with Gasteiger partial charge in [0.2, 0.25) is 17.6 Å². The van der Waals surface area contributed by atoms with Crippen LogP contribution >= 0.6 is 0 Å². The molecule has 2 saturated heterocycles. The molecule has 4 unspecified atom stereocenters. The van der Waals surface area contributed by atoms with Gasteiger partial charge in [0.15, 0.2) is 9.84 Å². The van der Waals surface area contributed by atoms with Crippen molar-refractivity contribution < 1.29 is 32.4 Å². The number of nitrogens with one attached hydrogen (secondary N) is 4. The third-order valence-electron chi connectivity index (χ3n) is 7.39. The van der Waals surface area contributed by atoms with Crippen LogP contribution in [0.3, 0.4) is 0 Å². The van der Waals surface area contributed by atoms with Gasteiger partial charge in [0, 0.05) is 19.1 Å². The Morgan fingerprint density at radius 1 is 1.00 bits per heavy atom. The minimum absolute atomic E-state index is 0.101. The summed E-state index contributed by atoms with van der Waals surface area (Å²) in [6.45, 7) is 10.5. The highest BCUT2D eigenvalue weighted by molar-refractivity contribution is 7.92. The van der Waals surface area contributed by atoms with Gasteiger partial charge >= 0.3 is 6.03 Å². The molecule has 0 bridgehead atoms. The maximum atomic E-state index is 13.7. The van der Waals surface area contributed by atoms with E-state index in [0.717, 1.165) is 12.8 Å². The quantitative estimate of drug-likeness (QED) is 0.206. The van der Waals surface area contributed by atoms with Crippen molar-refractivity contribution in [3.8, 4) is 0 Å². The van der Waals surface area contributed by atoms with E-state index in [1.54, 1.807) is 20.8 Å². The molecule has 13 heteroatoms. The third kappa shape index (κ3) is 9.03. The third-order valence-corrected chi connectivity index (χ3v) is 9.74. The first kappa shape index (κ1) is 33.2. The summed E-state index contributed by atoms with van der Waals surface area (Å²) in [7, 11) is -3.36. The van der Waals surface area contributed by atoms with Gasteiger partial charge in [0.1, 0.15) is 12.1 Å². The summed E-state index contributed by atoms with van der Waals surface area (Å²) < 4.78 is 25.6. The SMILES string of the molecule is C=CCNC(=O)C(=O)CNC(=O)C1CCCN1C(=O)C(NC(=O)NC(CC)C1CCCCCS1(=O)=O)C(C)(C)C. The van der Waals surface area contributed by atoms with Crippen LogP contribution < -0.4 is 21.3 Å². The van der Waals surface area contributed by atoms with Crippen molar-refractivity contribution in [3.05, 3.63) is 12.7 Å². The van der Waals surface area contributed by atoms with Crippen molar-refractivity contribution in [1.29, 1.82) is 0 Å². The number of sulfone groups is 1. The van der Waals surface area contributed by atoms with Crippen LogP contribution in [0, 0.1) is 5.41 Å². The van der Waals surface area contributed by atoms with Crippen LogP contribution in [0.2, 0.25) is 0 Å². The fraction of sp³-hybridized carbons (Fsp3) is 0.741. The molecular weight excluding hydrogens is 538 g/mol. The van der Waals surface area contributed by atoms with Crippen molar-refractivity contribution in [2.45, 2.75) is 96.0 Å². The topological polar surface area (TPSA) is 171 Å². The Hall–Kier alpha value is -2.96. The fourth-order valence-electron chi connectivity index (χ4n) is 5.15. The number of hydrogen-bond donors (Lipinski definition) is 4. The predicted octanol–water partition coefficient (Wildman–Crippen LogP) is 0.815. The van der Waals surface area contributed by atoms with E-state index in [2.05, 4.69) is 27.8 Å². The van der Waals surface area contributed by atoms with Gasteiger partial charge in [0.25, 0.3) is 5.91 Å². The van der Waals surface area contributed by atoms with Crippen molar-refractivity contribution in [1.82, 2.24) is 26.2 Å². The monoisotopic (exact) mass is 583 g/mol. The molecule has 2 heterocycles. The summed E-state index contributed by atoms with van der Waals surface area (Å²) in [5.41, 5.74) is -0.729. The van der Waals surface area contributed by atoms with Gasteiger partial charge in [-0.1, -0.05) is 46.6 Å². The Bertz CT molecular complexity index is 1070. The highest BCUT2D eigenvalue weighted by Crippen LogP contribution is 2.27. The van der Waals surface area contributed by atoms with Crippen LogP contribution in [-0.2, 0) is 29.0 Å². The molecule has 2 aliphatic heterocycles. The summed E-state index contributed by atoms with van der Waals surface area (Å²) in [6.07, 6.45) is 5.47. The van der Waals surface area contributed by atoms with Crippen molar-refractivity contribution in [3.63, 3.8) is 0 Å². The number of amides is 5. The smallest absolute Gasteiger partial charge is 0.315 e. The number of urea groups is 1. The van der Waals surface area contributed by atoms with Gasteiger partial charge in [-0.15, -0.1) is 6.58 Å². The van der Waals surface area contributed by atoms with E-state index < -0.39 is 74.7 Å². The Morgan fingerprint density at radius 2 is 1.70 bits per heavy atom. The molecule has 12 nitrogen and oxygen atoms in total. The molecule has 0 aromatic heterocycles. The van der Waals surface area contributed by atoms with E-state index in [-0.39, 0.29) is 12.3 Å². The number of ketones is 1. The minimum Gasteiger partial charge on any atom is -0.347 e. The molecule has 0 aliphatic carbocycles.